The van der Waals surface area contributed by atoms with E-state index in [1.807, 2.05) is 49.1 Å². The van der Waals surface area contributed by atoms with Crippen LogP contribution < -0.4 is 10.2 Å². The number of hydrogen-bond acceptors (Lipinski definition) is 4. The Balaban J connectivity index is 1.88. The fourth-order valence-corrected chi connectivity index (χ4v) is 2.84. The van der Waals surface area contributed by atoms with Gasteiger partial charge in [0, 0.05) is 24.3 Å². The Morgan fingerprint density at radius 3 is 2.45 bits per heavy atom. The van der Waals surface area contributed by atoms with E-state index in [9.17, 15) is 13.6 Å². The van der Waals surface area contributed by atoms with E-state index in [4.69, 9.17) is 0 Å². The quantitative estimate of drug-likeness (QED) is 0.654. The highest BCUT2D eigenvalue weighted by Crippen LogP contribution is 2.19. The molecular formula is C22H22F2N4O. The van der Waals surface area contributed by atoms with Gasteiger partial charge in [0.1, 0.15) is 17.3 Å². The predicted molar refractivity (Wildman–Crippen MR) is 109 cm³/mol. The summed E-state index contributed by atoms with van der Waals surface area (Å²) in [5, 5.41) is 2.44. The molecule has 3 aromatic rings. The van der Waals surface area contributed by atoms with Crippen LogP contribution in [0.15, 0.2) is 54.6 Å². The molecule has 0 spiro atoms. The van der Waals surface area contributed by atoms with Gasteiger partial charge in [0.15, 0.2) is 0 Å². The van der Waals surface area contributed by atoms with Crippen LogP contribution in [0.3, 0.4) is 0 Å². The van der Waals surface area contributed by atoms with Crippen LogP contribution >= 0.6 is 0 Å². The molecule has 0 saturated heterocycles. The number of rotatable bonds is 6. The van der Waals surface area contributed by atoms with Gasteiger partial charge in [0.2, 0.25) is 5.95 Å². The van der Waals surface area contributed by atoms with E-state index in [0.717, 1.165) is 11.6 Å². The number of anilines is 2. The third-order valence-electron chi connectivity index (χ3n) is 4.33. The third-order valence-corrected chi connectivity index (χ3v) is 4.33. The monoisotopic (exact) mass is 396 g/mol. The summed E-state index contributed by atoms with van der Waals surface area (Å²) in [7, 11) is 0. The molecule has 1 N–H and O–H groups in total. The molecule has 2 aromatic carbocycles. The Bertz CT molecular complexity index is 1010. The van der Waals surface area contributed by atoms with Crippen molar-refractivity contribution >= 4 is 17.5 Å². The Morgan fingerprint density at radius 2 is 1.79 bits per heavy atom. The number of aromatic nitrogens is 2. The van der Waals surface area contributed by atoms with Crippen LogP contribution in [0.2, 0.25) is 0 Å². The van der Waals surface area contributed by atoms with Crippen molar-refractivity contribution < 1.29 is 13.6 Å². The van der Waals surface area contributed by atoms with E-state index in [-0.39, 0.29) is 17.4 Å². The minimum atomic E-state index is -0.850. The predicted octanol–water partition coefficient (Wildman–Crippen LogP) is 4.73. The SMILES string of the molecule is Cc1cc(C(=O)Nc2ccc(F)cc2F)nc(N(Cc2ccccc2)C(C)C)n1. The normalized spacial score (nSPS) is 10.8. The topological polar surface area (TPSA) is 58.1 Å². The van der Waals surface area contributed by atoms with Crippen molar-refractivity contribution in [3.63, 3.8) is 0 Å². The van der Waals surface area contributed by atoms with Gasteiger partial charge in [-0.05, 0) is 44.5 Å². The third kappa shape index (κ3) is 5.13. The second-order valence-electron chi connectivity index (χ2n) is 6.98. The van der Waals surface area contributed by atoms with E-state index in [0.29, 0.717) is 24.3 Å². The number of carbonyl (C=O) groups is 1. The molecule has 0 saturated carbocycles. The number of amides is 1. The van der Waals surface area contributed by atoms with Crippen LogP contribution in [0.4, 0.5) is 20.4 Å². The number of hydrogen-bond donors (Lipinski definition) is 1. The molecule has 5 nitrogen and oxygen atoms in total. The van der Waals surface area contributed by atoms with Gasteiger partial charge >= 0.3 is 0 Å². The smallest absolute Gasteiger partial charge is 0.274 e. The van der Waals surface area contributed by atoms with Gasteiger partial charge in [-0.3, -0.25) is 4.79 Å². The lowest BCUT2D eigenvalue weighted by Crippen LogP contribution is -2.32. The van der Waals surface area contributed by atoms with E-state index < -0.39 is 17.5 Å². The molecule has 1 aromatic heterocycles. The average molecular weight is 396 g/mol. The highest BCUT2D eigenvalue weighted by Gasteiger charge is 2.19. The number of nitrogens with zero attached hydrogens (tertiary/aromatic N) is 3. The van der Waals surface area contributed by atoms with Gasteiger partial charge in [-0.1, -0.05) is 30.3 Å². The molecule has 0 atom stereocenters. The van der Waals surface area contributed by atoms with Crippen molar-refractivity contribution in [2.45, 2.75) is 33.4 Å². The van der Waals surface area contributed by atoms with E-state index in [2.05, 4.69) is 15.3 Å². The summed E-state index contributed by atoms with van der Waals surface area (Å²) in [5.74, 6) is -1.74. The summed E-state index contributed by atoms with van der Waals surface area (Å²) in [6.45, 7) is 6.38. The number of benzene rings is 2. The first kappa shape index (κ1) is 20.4. The van der Waals surface area contributed by atoms with Crippen molar-refractivity contribution in [2.75, 3.05) is 10.2 Å². The summed E-state index contributed by atoms with van der Waals surface area (Å²) < 4.78 is 26.9. The molecule has 0 aliphatic rings. The highest BCUT2D eigenvalue weighted by atomic mass is 19.1. The summed E-state index contributed by atoms with van der Waals surface area (Å²) in [5.41, 5.74) is 1.69. The standard InChI is InChI=1S/C22H22F2N4O/c1-14(2)28(13-16-7-5-4-6-8-16)22-25-15(3)11-20(27-22)21(29)26-19-10-9-17(23)12-18(19)24/h4-12,14H,13H2,1-3H3,(H,26,29). The lowest BCUT2D eigenvalue weighted by molar-refractivity contribution is 0.102. The molecule has 3 rings (SSSR count). The van der Waals surface area contributed by atoms with Crippen molar-refractivity contribution in [2.24, 2.45) is 0 Å². The number of nitrogens with one attached hydrogen (secondary N) is 1. The lowest BCUT2D eigenvalue weighted by Gasteiger charge is -2.27. The molecule has 29 heavy (non-hydrogen) atoms. The fourth-order valence-electron chi connectivity index (χ4n) is 2.84. The van der Waals surface area contributed by atoms with Gasteiger partial charge in [-0.15, -0.1) is 0 Å². The number of halogens is 2. The van der Waals surface area contributed by atoms with Crippen molar-refractivity contribution in [1.29, 1.82) is 0 Å². The average Bonchev–Trinajstić information content (AvgIpc) is 2.68. The van der Waals surface area contributed by atoms with Crippen molar-refractivity contribution in [1.82, 2.24) is 9.97 Å². The summed E-state index contributed by atoms with van der Waals surface area (Å²) >= 11 is 0. The van der Waals surface area contributed by atoms with Gasteiger partial charge in [0.25, 0.3) is 5.91 Å². The second-order valence-corrected chi connectivity index (χ2v) is 6.98. The van der Waals surface area contributed by atoms with Gasteiger partial charge in [-0.25, -0.2) is 18.7 Å². The molecule has 0 bridgehead atoms. The molecule has 0 aliphatic heterocycles. The van der Waals surface area contributed by atoms with Crippen molar-refractivity contribution in [3.8, 4) is 0 Å². The summed E-state index contributed by atoms with van der Waals surface area (Å²) in [6, 6.07) is 14.5. The van der Waals surface area contributed by atoms with Crippen LogP contribution in [0.25, 0.3) is 0 Å². The molecule has 1 heterocycles. The Labute approximate surface area is 168 Å². The van der Waals surface area contributed by atoms with Crippen LogP contribution in [0.1, 0.15) is 35.6 Å². The fraction of sp³-hybridized carbons (Fsp3) is 0.227. The molecule has 0 radical (unpaired) electrons. The van der Waals surface area contributed by atoms with E-state index in [1.54, 1.807) is 6.92 Å². The second kappa shape index (κ2) is 8.77. The minimum absolute atomic E-state index is 0.0856. The number of carbonyl (C=O) groups excluding carboxylic acids is 1. The highest BCUT2D eigenvalue weighted by molar-refractivity contribution is 6.03. The molecule has 1 amide bonds. The number of aryl methyl sites for hydroxylation is 1. The Morgan fingerprint density at radius 1 is 1.07 bits per heavy atom. The largest absolute Gasteiger partial charge is 0.334 e. The summed E-state index contributed by atoms with van der Waals surface area (Å²) in [6.07, 6.45) is 0. The first-order valence-corrected chi connectivity index (χ1v) is 9.26. The molecule has 0 fully saturated rings. The lowest BCUT2D eigenvalue weighted by atomic mass is 10.2. The zero-order valence-electron chi connectivity index (χ0n) is 16.5. The first-order chi connectivity index (χ1) is 13.8. The molecule has 0 unspecified atom stereocenters. The van der Waals surface area contributed by atoms with Crippen LogP contribution in [0.5, 0.6) is 0 Å². The van der Waals surface area contributed by atoms with E-state index >= 15 is 0 Å². The Kier molecular flexibility index (Phi) is 6.16. The zero-order chi connectivity index (χ0) is 21.0. The molecule has 7 heteroatoms. The van der Waals surface area contributed by atoms with E-state index in [1.165, 1.54) is 12.1 Å². The van der Waals surface area contributed by atoms with Crippen LogP contribution in [-0.4, -0.2) is 21.9 Å². The molecule has 0 aliphatic carbocycles. The van der Waals surface area contributed by atoms with Crippen LogP contribution in [-0.2, 0) is 6.54 Å². The first-order valence-electron chi connectivity index (χ1n) is 9.26. The van der Waals surface area contributed by atoms with Gasteiger partial charge in [-0.2, -0.15) is 0 Å². The van der Waals surface area contributed by atoms with Gasteiger partial charge in [0.05, 0.1) is 5.69 Å². The van der Waals surface area contributed by atoms with Gasteiger partial charge < -0.3 is 10.2 Å². The minimum Gasteiger partial charge on any atom is -0.334 e. The Hall–Kier alpha value is -3.35. The molecular weight excluding hydrogens is 374 g/mol. The maximum Gasteiger partial charge on any atom is 0.274 e. The summed E-state index contributed by atoms with van der Waals surface area (Å²) in [4.78, 5) is 23.5. The van der Waals surface area contributed by atoms with Crippen molar-refractivity contribution in [3.05, 3.63) is 83.2 Å². The zero-order valence-corrected chi connectivity index (χ0v) is 16.5. The van der Waals surface area contributed by atoms with Crippen LogP contribution in [0, 0.1) is 18.6 Å². The maximum absolute atomic E-state index is 13.9. The molecule has 150 valence electrons. The maximum atomic E-state index is 13.9.